The number of nitro groups is 1. The van der Waals surface area contributed by atoms with Crippen LogP contribution >= 0.6 is 0 Å². The minimum atomic E-state index is -0.438. The topological polar surface area (TPSA) is 97.5 Å². The van der Waals surface area contributed by atoms with E-state index in [2.05, 4.69) is 10.3 Å². The summed E-state index contributed by atoms with van der Waals surface area (Å²) in [5.74, 6) is 0.462. The number of non-ortho nitro benzene ring substituents is 1. The quantitative estimate of drug-likeness (QED) is 0.542. The molecular weight excluding hydrogens is 322 g/mol. The molecule has 1 heterocycles. The number of fused-ring (bicyclic) bond motifs is 1. The van der Waals surface area contributed by atoms with Gasteiger partial charge in [0, 0.05) is 34.9 Å². The zero-order valence-corrected chi connectivity index (χ0v) is 13.8. The van der Waals surface area contributed by atoms with Crippen LogP contribution in [0.5, 0.6) is 11.5 Å². The van der Waals surface area contributed by atoms with E-state index in [-0.39, 0.29) is 11.4 Å². The van der Waals surface area contributed by atoms with E-state index in [1.165, 1.54) is 13.2 Å². The summed E-state index contributed by atoms with van der Waals surface area (Å²) in [6.45, 7) is 2.12. The Balaban J connectivity index is 2.00. The van der Waals surface area contributed by atoms with E-state index in [0.29, 0.717) is 40.1 Å². The standard InChI is InChI=1S/C18H17N3O4/c1-11-9-14(13-6-4-7-15(21(23)24)17(13)20-11)19-10-12-5-3-8-16(25-2)18(12)22/h3-9,22H,10H2,1-2H3,(H,19,20). The molecule has 128 valence electrons. The number of anilines is 1. The monoisotopic (exact) mass is 339 g/mol. The number of hydrogen-bond acceptors (Lipinski definition) is 6. The number of nitro benzene ring substituents is 1. The third kappa shape index (κ3) is 3.16. The fraction of sp³-hybridized carbons (Fsp3) is 0.167. The molecule has 2 N–H and O–H groups in total. The number of rotatable bonds is 5. The van der Waals surface area contributed by atoms with Gasteiger partial charge in [0.15, 0.2) is 17.0 Å². The number of pyridine rings is 1. The highest BCUT2D eigenvalue weighted by atomic mass is 16.6. The number of ether oxygens (including phenoxy) is 1. The maximum Gasteiger partial charge on any atom is 0.295 e. The number of phenolic OH excluding ortho intramolecular Hbond substituents is 1. The minimum absolute atomic E-state index is 0.0338. The summed E-state index contributed by atoms with van der Waals surface area (Å²) < 4.78 is 5.11. The Labute approximate surface area is 144 Å². The third-order valence-electron chi connectivity index (χ3n) is 3.91. The van der Waals surface area contributed by atoms with Crippen molar-refractivity contribution in [3.8, 4) is 11.5 Å². The first-order valence-electron chi connectivity index (χ1n) is 7.64. The molecule has 7 heteroatoms. The van der Waals surface area contributed by atoms with Crippen LogP contribution in [0.4, 0.5) is 11.4 Å². The van der Waals surface area contributed by atoms with Crippen LogP contribution in [0, 0.1) is 17.0 Å². The van der Waals surface area contributed by atoms with Crippen LogP contribution in [0.1, 0.15) is 11.3 Å². The Morgan fingerprint density at radius 2 is 2.04 bits per heavy atom. The first kappa shape index (κ1) is 16.5. The molecule has 3 rings (SSSR count). The van der Waals surface area contributed by atoms with E-state index in [4.69, 9.17) is 4.74 Å². The molecule has 0 unspecified atom stereocenters. The van der Waals surface area contributed by atoms with Gasteiger partial charge in [-0.1, -0.05) is 24.3 Å². The van der Waals surface area contributed by atoms with Crippen LogP contribution in [0.25, 0.3) is 10.9 Å². The second kappa shape index (κ2) is 6.64. The number of aromatic nitrogens is 1. The van der Waals surface area contributed by atoms with Gasteiger partial charge < -0.3 is 15.2 Å². The highest BCUT2D eigenvalue weighted by Crippen LogP contribution is 2.32. The van der Waals surface area contributed by atoms with Crippen molar-refractivity contribution in [2.45, 2.75) is 13.5 Å². The van der Waals surface area contributed by atoms with Crippen LogP contribution < -0.4 is 10.1 Å². The van der Waals surface area contributed by atoms with Crippen molar-refractivity contribution in [3.63, 3.8) is 0 Å². The molecule has 0 bridgehead atoms. The van der Waals surface area contributed by atoms with Crippen LogP contribution in [0.2, 0.25) is 0 Å². The van der Waals surface area contributed by atoms with Gasteiger partial charge in [0.05, 0.1) is 12.0 Å². The van der Waals surface area contributed by atoms with Gasteiger partial charge >= 0.3 is 0 Å². The average molecular weight is 339 g/mol. The third-order valence-corrected chi connectivity index (χ3v) is 3.91. The maximum absolute atomic E-state index is 11.2. The molecule has 2 aromatic carbocycles. The highest BCUT2D eigenvalue weighted by Gasteiger charge is 2.16. The first-order valence-corrected chi connectivity index (χ1v) is 7.64. The molecule has 0 amide bonds. The summed E-state index contributed by atoms with van der Waals surface area (Å²) in [7, 11) is 1.49. The molecule has 7 nitrogen and oxygen atoms in total. The van der Waals surface area contributed by atoms with E-state index in [1.54, 1.807) is 37.3 Å². The number of methoxy groups -OCH3 is 1. The van der Waals surface area contributed by atoms with E-state index >= 15 is 0 Å². The summed E-state index contributed by atoms with van der Waals surface area (Å²) in [6.07, 6.45) is 0. The Hall–Kier alpha value is -3.35. The number of nitrogens with zero attached hydrogens (tertiary/aromatic N) is 2. The van der Waals surface area contributed by atoms with Gasteiger partial charge in [-0.3, -0.25) is 10.1 Å². The Bertz CT molecular complexity index is 956. The SMILES string of the molecule is COc1cccc(CNc2cc(C)nc3c([N+](=O)[O-])cccc23)c1O. The number of hydrogen-bond donors (Lipinski definition) is 2. The highest BCUT2D eigenvalue weighted by molar-refractivity contribution is 5.96. The van der Waals surface area contributed by atoms with Gasteiger partial charge in [-0.15, -0.1) is 0 Å². The van der Waals surface area contributed by atoms with Crippen LogP contribution in [0.3, 0.4) is 0 Å². The van der Waals surface area contributed by atoms with E-state index in [1.807, 2.05) is 6.07 Å². The molecule has 1 aromatic heterocycles. The van der Waals surface area contributed by atoms with Crippen molar-refractivity contribution >= 4 is 22.3 Å². The summed E-state index contributed by atoms with van der Waals surface area (Å²) in [5, 5.41) is 25.3. The Morgan fingerprint density at radius 1 is 1.28 bits per heavy atom. The average Bonchev–Trinajstić information content (AvgIpc) is 2.59. The lowest BCUT2D eigenvalue weighted by molar-refractivity contribution is -0.383. The molecule has 3 aromatic rings. The predicted molar refractivity (Wildman–Crippen MR) is 95.1 cm³/mol. The lowest BCUT2D eigenvalue weighted by Crippen LogP contribution is -2.03. The molecule has 0 atom stereocenters. The number of nitrogens with one attached hydrogen (secondary N) is 1. The normalized spacial score (nSPS) is 10.6. The van der Waals surface area contributed by atoms with E-state index in [0.717, 1.165) is 0 Å². The van der Waals surface area contributed by atoms with Gasteiger partial charge in [0.25, 0.3) is 5.69 Å². The number of para-hydroxylation sites is 2. The van der Waals surface area contributed by atoms with Gasteiger partial charge in [0.1, 0.15) is 0 Å². The predicted octanol–water partition coefficient (Wildman–Crippen LogP) is 3.78. The lowest BCUT2D eigenvalue weighted by atomic mass is 10.1. The number of benzene rings is 2. The smallest absolute Gasteiger partial charge is 0.295 e. The molecule has 25 heavy (non-hydrogen) atoms. The zero-order valence-electron chi connectivity index (χ0n) is 13.8. The summed E-state index contributed by atoms with van der Waals surface area (Å²) in [5.41, 5.74) is 2.35. The molecule has 0 saturated carbocycles. The first-order chi connectivity index (χ1) is 12.0. The molecule has 0 aliphatic heterocycles. The molecule has 0 radical (unpaired) electrons. The maximum atomic E-state index is 11.2. The molecule has 0 aliphatic rings. The Kier molecular flexibility index (Phi) is 4.38. The van der Waals surface area contributed by atoms with Gasteiger partial charge in [-0.2, -0.15) is 0 Å². The minimum Gasteiger partial charge on any atom is -0.504 e. The number of aromatic hydroxyl groups is 1. The lowest BCUT2D eigenvalue weighted by Gasteiger charge is -2.13. The van der Waals surface area contributed by atoms with Crippen molar-refractivity contribution in [2.75, 3.05) is 12.4 Å². The Morgan fingerprint density at radius 3 is 2.76 bits per heavy atom. The van der Waals surface area contributed by atoms with Crippen LogP contribution in [-0.2, 0) is 6.54 Å². The molecule has 0 saturated heterocycles. The van der Waals surface area contributed by atoms with Crippen molar-refractivity contribution in [2.24, 2.45) is 0 Å². The van der Waals surface area contributed by atoms with Crippen molar-refractivity contribution in [3.05, 3.63) is 63.8 Å². The molecular formula is C18H17N3O4. The fourth-order valence-electron chi connectivity index (χ4n) is 2.72. The van der Waals surface area contributed by atoms with Crippen molar-refractivity contribution in [1.82, 2.24) is 4.98 Å². The van der Waals surface area contributed by atoms with E-state index in [9.17, 15) is 15.2 Å². The largest absolute Gasteiger partial charge is 0.504 e. The second-order valence-electron chi connectivity index (χ2n) is 5.56. The fourth-order valence-corrected chi connectivity index (χ4v) is 2.72. The van der Waals surface area contributed by atoms with Gasteiger partial charge in [0.2, 0.25) is 0 Å². The summed E-state index contributed by atoms with van der Waals surface area (Å²) in [6, 6.07) is 11.9. The number of aryl methyl sites for hydroxylation is 1. The van der Waals surface area contributed by atoms with E-state index < -0.39 is 4.92 Å². The summed E-state index contributed by atoms with van der Waals surface area (Å²) >= 11 is 0. The molecule has 0 aliphatic carbocycles. The van der Waals surface area contributed by atoms with Crippen LogP contribution in [0.15, 0.2) is 42.5 Å². The zero-order chi connectivity index (χ0) is 18.0. The van der Waals surface area contributed by atoms with Crippen molar-refractivity contribution in [1.29, 1.82) is 0 Å². The van der Waals surface area contributed by atoms with Gasteiger partial charge in [-0.05, 0) is 19.1 Å². The van der Waals surface area contributed by atoms with Crippen LogP contribution in [-0.4, -0.2) is 22.1 Å². The number of phenols is 1. The second-order valence-corrected chi connectivity index (χ2v) is 5.56. The molecule has 0 fully saturated rings. The van der Waals surface area contributed by atoms with Crippen molar-refractivity contribution < 1.29 is 14.8 Å². The molecule has 0 spiro atoms. The summed E-state index contributed by atoms with van der Waals surface area (Å²) in [4.78, 5) is 15.1. The van der Waals surface area contributed by atoms with Gasteiger partial charge in [-0.25, -0.2) is 4.98 Å².